The molecule has 23 heavy (non-hydrogen) atoms. The van der Waals surface area contributed by atoms with Crippen LogP contribution in [0.5, 0.6) is 0 Å². The largest absolute Gasteiger partial charge is 0.466 e. The molecule has 2 aromatic heterocycles. The highest BCUT2D eigenvalue weighted by Gasteiger charge is 2.18. The zero-order valence-corrected chi connectivity index (χ0v) is 14.5. The summed E-state index contributed by atoms with van der Waals surface area (Å²) in [4.78, 5) is 30.1. The predicted octanol–water partition coefficient (Wildman–Crippen LogP) is 3.44. The molecule has 122 valence electrons. The van der Waals surface area contributed by atoms with Crippen molar-refractivity contribution >= 4 is 39.7 Å². The standard InChI is InChI=1S/C16H18N2O3S2/c1-2-21-14(19)8-11-9-22-16(17-11)18-15(20)13-7-10-5-3-4-6-12(10)23-13/h7,9H,2-6,8H2,1H3,(H,17,18,20). The first-order chi connectivity index (χ1) is 11.2. The zero-order chi connectivity index (χ0) is 16.2. The Kier molecular flexibility index (Phi) is 5.07. The summed E-state index contributed by atoms with van der Waals surface area (Å²) in [5.41, 5.74) is 1.93. The van der Waals surface area contributed by atoms with Crippen molar-refractivity contribution in [1.82, 2.24) is 4.98 Å². The second kappa shape index (κ2) is 7.23. The maximum atomic E-state index is 12.3. The van der Waals surface area contributed by atoms with Crippen LogP contribution in [0, 0.1) is 0 Å². The van der Waals surface area contributed by atoms with Crippen LogP contribution in [0.3, 0.4) is 0 Å². The molecule has 1 aliphatic carbocycles. The maximum Gasteiger partial charge on any atom is 0.311 e. The average molecular weight is 350 g/mol. The number of thiazole rings is 1. The maximum absolute atomic E-state index is 12.3. The molecular weight excluding hydrogens is 332 g/mol. The SMILES string of the molecule is CCOC(=O)Cc1csc(NC(=O)c2cc3c(s2)CCCC3)n1. The third-order valence-electron chi connectivity index (χ3n) is 3.62. The highest BCUT2D eigenvalue weighted by Crippen LogP contribution is 2.30. The van der Waals surface area contributed by atoms with E-state index in [2.05, 4.69) is 10.3 Å². The van der Waals surface area contributed by atoms with Gasteiger partial charge in [0.15, 0.2) is 5.13 Å². The van der Waals surface area contributed by atoms with Gasteiger partial charge in [-0.15, -0.1) is 22.7 Å². The number of hydrogen-bond acceptors (Lipinski definition) is 6. The van der Waals surface area contributed by atoms with Crippen LogP contribution in [-0.4, -0.2) is 23.5 Å². The second-order valence-electron chi connectivity index (χ2n) is 5.35. The van der Waals surface area contributed by atoms with Crippen molar-refractivity contribution < 1.29 is 14.3 Å². The average Bonchev–Trinajstić information content (AvgIpc) is 3.14. The number of aromatic nitrogens is 1. The first kappa shape index (κ1) is 16.1. The Morgan fingerprint density at radius 2 is 2.17 bits per heavy atom. The molecule has 2 aromatic rings. The minimum Gasteiger partial charge on any atom is -0.466 e. The van der Waals surface area contributed by atoms with Gasteiger partial charge < -0.3 is 4.74 Å². The van der Waals surface area contributed by atoms with Gasteiger partial charge in [-0.05, 0) is 44.2 Å². The fourth-order valence-electron chi connectivity index (χ4n) is 2.57. The van der Waals surface area contributed by atoms with E-state index in [0.29, 0.717) is 17.4 Å². The lowest BCUT2D eigenvalue weighted by atomic mass is 9.99. The van der Waals surface area contributed by atoms with E-state index in [1.807, 2.05) is 6.07 Å². The van der Waals surface area contributed by atoms with Gasteiger partial charge in [0.25, 0.3) is 5.91 Å². The Bertz CT molecular complexity index is 697. The molecule has 0 radical (unpaired) electrons. The number of amides is 1. The summed E-state index contributed by atoms with van der Waals surface area (Å²) in [5.74, 6) is -0.428. The number of esters is 1. The van der Waals surface area contributed by atoms with Gasteiger partial charge in [0.1, 0.15) is 0 Å². The molecule has 1 amide bonds. The van der Waals surface area contributed by atoms with Crippen LogP contribution in [0.15, 0.2) is 11.4 Å². The van der Waals surface area contributed by atoms with Gasteiger partial charge in [-0.3, -0.25) is 14.9 Å². The van der Waals surface area contributed by atoms with E-state index < -0.39 is 0 Å². The van der Waals surface area contributed by atoms with Crippen molar-refractivity contribution in [3.05, 3.63) is 32.5 Å². The van der Waals surface area contributed by atoms with Crippen molar-refractivity contribution in [2.75, 3.05) is 11.9 Å². The smallest absolute Gasteiger partial charge is 0.311 e. The molecule has 2 heterocycles. The third kappa shape index (κ3) is 3.97. The molecule has 7 heteroatoms. The molecular formula is C16H18N2O3S2. The Balaban J connectivity index is 1.63. The van der Waals surface area contributed by atoms with Gasteiger partial charge in [-0.1, -0.05) is 0 Å². The first-order valence-electron chi connectivity index (χ1n) is 7.68. The fourth-order valence-corrected chi connectivity index (χ4v) is 4.42. The monoisotopic (exact) mass is 350 g/mol. The second-order valence-corrected chi connectivity index (χ2v) is 7.34. The number of nitrogens with one attached hydrogen (secondary N) is 1. The van der Waals surface area contributed by atoms with E-state index in [9.17, 15) is 9.59 Å². The Labute approximate surface area is 142 Å². The quantitative estimate of drug-likeness (QED) is 0.839. The summed E-state index contributed by atoms with van der Waals surface area (Å²) >= 11 is 2.90. The summed E-state index contributed by atoms with van der Waals surface area (Å²) in [6.07, 6.45) is 4.69. The molecule has 0 saturated carbocycles. The van der Waals surface area contributed by atoms with Crippen LogP contribution in [0.1, 0.15) is 45.6 Å². The Morgan fingerprint density at radius 3 is 2.96 bits per heavy atom. The van der Waals surface area contributed by atoms with Gasteiger partial charge in [-0.25, -0.2) is 4.98 Å². The molecule has 1 aliphatic rings. The highest BCUT2D eigenvalue weighted by atomic mass is 32.1. The van der Waals surface area contributed by atoms with Crippen LogP contribution in [-0.2, 0) is 28.8 Å². The van der Waals surface area contributed by atoms with Crippen molar-refractivity contribution in [1.29, 1.82) is 0 Å². The molecule has 3 rings (SSSR count). The number of rotatable bonds is 5. The zero-order valence-electron chi connectivity index (χ0n) is 12.9. The third-order valence-corrected chi connectivity index (χ3v) is 5.67. The summed E-state index contributed by atoms with van der Waals surface area (Å²) < 4.78 is 4.89. The predicted molar refractivity (Wildman–Crippen MR) is 91.4 cm³/mol. The van der Waals surface area contributed by atoms with Crippen molar-refractivity contribution in [3.8, 4) is 0 Å². The number of carbonyl (C=O) groups is 2. The van der Waals surface area contributed by atoms with E-state index in [0.717, 1.165) is 17.7 Å². The summed E-state index contributed by atoms with van der Waals surface area (Å²) in [6, 6.07) is 2.00. The molecule has 0 saturated heterocycles. The van der Waals surface area contributed by atoms with Gasteiger partial charge in [0.05, 0.1) is 23.6 Å². The Hall–Kier alpha value is -1.73. The number of carbonyl (C=O) groups excluding carboxylic acids is 2. The molecule has 5 nitrogen and oxygen atoms in total. The molecule has 0 bridgehead atoms. The molecule has 1 N–H and O–H groups in total. The summed E-state index contributed by atoms with van der Waals surface area (Å²) in [5, 5.41) is 5.10. The number of anilines is 1. The van der Waals surface area contributed by atoms with E-state index >= 15 is 0 Å². The fraction of sp³-hybridized carbons (Fsp3) is 0.438. The summed E-state index contributed by atoms with van der Waals surface area (Å²) in [6.45, 7) is 2.13. The van der Waals surface area contributed by atoms with Gasteiger partial charge in [0.2, 0.25) is 0 Å². The summed E-state index contributed by atoms with van der Waals surface area (Å²) in [7, 11) is 0. The normalized spacial score (nSPS) is 13.4. The van der Waals surface area contributed by atoms with E-state index in [1.54, 1.807) is 23.6 Å². The number of hydrogen-bond donors (Lipinski definition) is 1. The number of ether oxygens (including phenoxy) is 1. The van der Waals surface area contributed by atoms with Gasteiger partial charge >= 0.3 is 5.97 Å². The van der Waals surface area contributed by atoms with Gasteiger partial charge in [-0.2, -0.15) is 0 Å². The van der Waals surface area contributed by atoms with E-state index in [1.165, 1.54) is 34.6 Å². The topological polar surface area (TPSA) is 68.3 Å². The Morgan fingerprint density at radius 1 is 1.35 bits per heavy atom. The lowest BCUT2D eigenvalue weighted by molar-refractivity contribution is -0.142. The van der Waals surface area contributed by atoms with Crippen LogP contribution in [0.25, 0.3) is 0 Å². The number of fused-ring (bicyclic) bond motifs is 1. The minimum absolute atomic E-state index is 0.124. The number of thiophene rings is 1. The van der Waals surface area contributed by atoms with Crippen LogP contribution in [0.2, 0.25) is 0 Å². The van der Waals surface area contributed by atoms with Crippen LogP contribution >= 0.6 is 22.7 Å². The molecule has 0 spiro atoms. The molecule has 0 aromatic carbocycles. The molecule has 0 aliphatic heterocycles. The van der Waals surface area contributed by atoms with E-state index in [-0.39, 0.29) is 18.3 Å². The number of nitrogens with zero attached hydrogens (tertiary/aromatic N) is 1. The first-order valence-corrected chi connectivity index (χ1v) is 9.38. The lowest BCUT2D eigenvalue weighted by Crippen LogP contribution is -2.11. The van der Waals surface area contributed by atoms with Crippen LogP contribution < -0.4 is 5.32 Å². The molecule has 0 fully saturated rings. The van der Waals surface area contributed by atoms with E-state index in [4.69, 9.17) is 4.74 Å². The van der Waals surface area contributed by atoms with Crippen LogP contribution in [0.4, 0.5) is 5.13 Å². The molecule has 0 unspecified atom stereocenters. The molecule has 0 atom stereocenters. The highest BCUT2D eigenvalue weighted by molar-refractivity contribution is 7.15. The lowest BCUT2D eigenvalue weighted by Gasteiger charge is -2.08. The van der Waals surface area contributed by atoms with Crippen molar-refractivity contribution in [2.45, 2.75) is 39.0 Å². The van der Waals surface area contributed by atoms with Crippen molar-refractivity contribution in [2.24, 2.45) is 0 Å². The minimum atomic E-state index is -0.304. The number of aryl methyl sites for hydroxylation is 2. The van der Waals surface area contributed by atoms with Crippen molar-refractivity contribution in [3.63, 3.8) is 0 Å². The van der Waals surface area contributed by atoms with Gasteiger partial charge in [0, 0.05) is 10.3 Å².